The van der Waals surface area contributed by atoms with E-state index < -0.39 is 0 Å². The van der Waals surface area contributed by atoms with Crippen LogP contribution in [0, 0.1) is 0 Å². The molecule has 0 saturated carbocycles. The molecule has 2 aliphatic heterocycles. The summed E-state index contributed by atoms with van der Waals surface area (Å²) in [7, 11) is 3.38. The molecule has 1 aromatic rings. The molecule has 2 aliphatic rings. The van der Waals surface area contributed by atoms with E-state index >= 15 is 0 Å². The van der Waals surface area contributed by atoms with Gasteiger partial charge in [0.1, 0.15) is 0 Å². The van der Waals surface area contributed by atoms with Crippen molar-refractivity contribution in [2.24, 2.45) is 0 Å². The minimum Gasteiger partial charge on any atom is -0.493 e. The zero-order valence-electron chi connectivity index (χ0n) is 16.0. The van der Waals surface area contributed by atoms with Crippen LogP contribution in [0.5, 0.6) is 11.5 Å². The first kappa shape index (κ1) is 19.4. The van der Waals surface area contributed by atoms with Gasteiger partial charge < -0.3 is 29.6 Å². The van der Waals surface area contributed by atoms with Crippen molar-refractivity contribution in [3.05, 3.63) is 23.3 Å². The lowest BCUT2D eigenvalue weighted by molar-refractivity contribution is 0.110. The number of rotatable bonds is 10. The van der Waals surface area contributed by atoms with Gasteiger partial charge >= 0.3 is 0 Å². The summed E-state index contributed by atoms with van der Waals surface area (Å²) in [6.07, 6.45) is 5.30. The molecule has 6 heteroatoms. The second-order valence-corrected chi connectivity index (χ2v) is 7.02. The van der Waals surface area contributed by atoms with Crippen LogP contribution in [-0.2, 0) is 22.6 Å². The van der Waals surface area contributed by atoms with Gasteiger partial charge in [-0.1, -0.05) is 0 Å². The van der Waals surface area contributed by atoms with Crippen LogP contribution in [0.25, 0.3) is 0 Å². The maximum absolute atomic E-state index is 5.68. The van der Waals surface area contributed by atoms with E-state index in [9.17, 15) is 0 Å². The van der Waals surface area contributed by atoms with Crippen molar-refractivity contribution in [1.29, 1.82) is 0 Å². The average molecular weight is 364 g/mol. The van der Waals surface area contributed by atoms with Gasteiger partial charge in [-0.2, -0.15) is 0 Å². The van der Waals surface area contributed by atoms with Crippen molar-refractivity contribution in [3.63, 3.8) is 0 Å². The third-order valence-electron chi connectivity index (χ3n) is 5.05. The summed E-state index contributed by atoms with van der Waals surface area (Å²) in [4.78, 5) is 0. The van der Waals surface area contributed by atoms with Crippen molar-refractivity contribution in [2.75, 3.05) is 40.5 Å². The second-order valence-electron chi connectivity index (χ2n) is 7.02. The fraction of sp³-hybridized carbons (Fsp3) is 0.700. The minimum atomic E-state index is 0.333. The monoisotopic (exact) mass is 364 g/mol. The topological polar surface area (TPSA) is 61.0 Å². The molecular formula is C20H32N2O4. The first-order valence-corrected chi connectivity index (χ1v) is 9.68. The van der Waals surface area contributed by atoms with Crippen LogP contribution < -0.4 is 20.1 Å². The Morgan fingerprint density at radius 3 is 2.12 bits per heavy atom. The van der Waals surface area contributed by atoms with Gasteiger partial charge in [0.25, 0.3) is 0 Å². The van der Waals surface area contributed by atoms with E-state index in [4.69, 9.17) is 18.9 Å². The summed E-state index contributed by atoms with van der Waals surface area (Å²) in [5.41, 5.74) is 2.30. The van der Waals surface area contributed by atoms with Gasteiger partial charge in [0.05, 0.1) is 26.4 Å². The van der Waals surface area contributed by atoms with Gasteiger partial charge in [0.2, 0.25) is 0 Å². The summed E-state index contributed by atoms with van der Waals surface area (Å²) in [6, 6.07) is 4.23. The molecule has 2 atom stereocenters. The molecule has 0 radical (unpaired) electrons. The van der Waals surface area contributed by atoms with E-state index in [0.29, 0.717) is 12.2 Å². The molecule has 0 spiro atoms. The standard InChI is InChI=1S/C20H32N2O4/c1-23-19-10-15(11-21-13-17-5-3-7-25-17)9-16(20(19)24-2)12-22-14-18-6-4-8-26-18/h9-10,17-18,21-22H,3-8,11-14H2,1-2H3. The third-order valence-corrected chi connectivity index (χ3v) is 5.05. The predicted molar refractivity (Wildman–Crippen MR) is 101 cm³/mol. The Balaban J connectivity index is 1.58. The summed E-state index contributed by atoms with van der Waals surface area (Å²) in [6.45, 7) is 5.06. The molecule has 146 valence electrons. The van der Waals surface area contributed by atoms with Crippen molar-refractivity contribution in [1.82, 2.24) is 10.6 Å². The van der Waals surface area contributed by atoms with Crippen LogP contribution in [0.15, 0.2) is 12.1 Å². The molecule has 26 heavy (non-hydrogen) atoms. The van der Waals surface area contributed by atoms with Crippen LogP contribution in [0.4, 0.5) is 0 Å². The summed E-state index contributed by atoms with van der Waals surface area (Å²) in [5.74, 6) is 1.58. The zero-order chi connectivity index (χ0) is 18.2. The Kier molecular flexibility index (Phi) is 7.55. The number of nitrogens with one attached hydrogen (secondary N) is 2. The van der Waals surface area contributed by atoms with Crippen LogP contribution in [-0.4, -0.2) is 52.7 Å². The van der Waals surface area contributed by atoms with Crippen LogP contribution in [0.3, 0.4) is 0 Å². The van der Waals surface area contributed by atoms with Gasteiger partial charge in [-0.25, -0.2) is 0 Å². The molecule has 2 N–H and O–H groups in total. The molecule has 2 fully saturated rings. The minimum absolute atomic E-state index is 0.333. The smallest absolute Gasteiger partial charge is 0.165 e. The second kappa shape index (κ2) is 10.1. The van der Waals surface area contributed by atoms with E-state index in [-0.39, 0.29) is 0 Å². The molecule has 2 unspecified atom stereocenters. The highest BCUT2D eigenvalue weighted by Crippen LogP contribution is 2.32. The highest BCUT2D eigenvalue weighted by atomic mass is 16.5. The molecule has 0 amide bonds. The number of benzene rings is 1. The fourth-order valence-corrected chi connectivity index (χ4v) is 3.70. The van der Waals surface area contributed by atoms with Crippen LogP contribution >= 0.6 is 0 Å². The maximum atomic E-state index is 5.68. The van der Waals surface area contributed by atoms with E-state index in [0.717, 1.165) is 75.7 Å². The molecule has 0 bridgehead atoms. The molecule has 1 aromatic carbocycles. The molecule has 6 nitrogen and oxygen atoms in total. The molecule has 0 aromatic heterocycles. The molecule has 0 aliphatic carbocycles. The zero-order valence-corrected chi connectivity index (χ0v) is 16.0. The molecule has 2 saturated heterocycles. The van der Waals surface area contributed by atoms with E-state index in [2.05, 4.69) is 16.7 Å². The van der Waals surface area contributed by atoms with Crippen molar-refractivity contribution in [3.8, 4) is 11.5 Å². The Labute approximate surface area is 156 Å². The number of hydrogen-bond acceptors (Lipinski definition) is 6. The molecule has 2 heterocycles. The highest BCUT2D eigenvalue weighted by Gasteiger charge is 2.17. The van der Waals surface area contributed by atoms with Crippen LogP contribution in [0.2, 0.25) is 0 Å². The third kappa shape index (κ3) is 5.33. The van der Waals surface area contributed by atoms with Gasteiger partial charge in [-0.3, -0.25) is 0 Å². The molecule has 3 rings (SSSR count). The Hall–Kier alpha value is -1.34. The first-order chi connectivity index (χ1) is 12.8. The molecular weight excluding hydrogens is 332 g/mol. The Bertz CT molecular complexity index is 555. The van der Waals surface area contributed by atoms with Gasteiger partial charge in [0, 0.05) is 45.0 Å². The number of ether oxygens (including phenoxy) is 4. The normalized spacial score (nSPS) is 22.7. The number of hydrogen-bond donors (Lipinski definition) is 2. The average Bonchev–Trinajstić information content (AvgIpc) is 3.35. The van der Waals surface area contributed by atoms with Crippen molar-refractivity contribution in [2.45, 2.75) is 51.0 Å². The lowest BCUT2D eigenvalue weighted by Crippen LogP contribution is -2.27. The van der Waals surface area contributed by atoms with Crippen LogP contribution in [0.1, 0.15) is 36.8 Å². The van der Waals surface area contributed by atoms with Gasteiger partial charge in [-0.05, 0) is 43.4 Å². The quantitative estimate of drug-likeness (QED) is 0.664. The Morgan fingerprint density at radius 2 is 1.58 bits per heavy atom. The lowest BCUT2D eigenvalue weighted by Gasteiger charge is -2.17. The van der Waals surface area contributed by atoms with E-state index in [1.165, 1.54) is 12.0 Å². The van der Waals surface area contributed by atoms with Crippen molar-refractivity contribution < 1.29 is 18.9 Å². The first-order valence-electron chi connectivity index (χ1n) is 9.68. The SMILES string of the molecule is COc1cc(CNCC2CCCO2)cc(CNCC2CCCO2)c1OC. The Morgan fingerprint density at radius 1 is 0.923 bits per heavy atom. The summed E-state index contributed by atoms with van der Waals surface area (Å²) >= 11 is 0. The summed E-state index contributed by atoms with van der Waals surface area (Å²) < 4.78 is 22.5. The van der Waals surface area contributed by atoms with Crippen molar-refractivity contribution >= 4 is 0 Å². The van der Waals surface area contributed by atoms with E-state index in [1.54, 1.807) is 14.2 Å². The van der Waals surface area contributed by atoms with E-state index in [1.807, 2.05) is 6.07 Å². The summed E-state index contributed by atoms with van der Waals surface area (Å²) in [5, 5.41) is 7.00. The fourth-order valence-electron chi connectivity index (χ4n) is 3.70. The maximum Gasteiger partial charge on any atom is 0.165 e. The van der Waals surface area contributed by atoms with Gasteiger partial charge in [-0.15, -0.1) is 0 Å². The lowest BCUT2D eigenvalue weighted by atomic mass is 10.1. The highest BCUT2D eigenvalue weighted by molar-refractivity contribution is 5.49. The predicted octanol–water partition coefficient (Wildman–Crippen LogP) is 2.24. The largest absolute Gasteiger partial charge is 0.493 e. The number of methoxy groups -OCH3 is 2. The van der Waals surface area contributed by atoms with Gasteiger partial charge in [0.15, 0.2) is 11.5 Å².